The summed E-state index contributed by atoms with van der Waals surface area (Å²) in [5.74, 6) is 0.424. The molecule has 5 nitrogen and oxygen atoms in total. The second-order valence-electron chi connectivity index (χ2n) is 7.30. The maximum Gasteiger partial charge on any atom is 0.232 e. The highest BCUT2D eigenvalue weighted by Gasteiger charge is 2.39. The summed E-state index contributed by atoms with van der Waals surface area (Å²) in [4.78, 5) is 29.4. The fourth-order valence-corrected chi connectivity index (χ4v) is 4.07. The Balaban J connectivity index is 1.58. The van der Waals surface area contributed by atoms with Crippen LogP contribution in [0.1, 0.15) is 24.0 Å². The van der Waals surface area contributed by atoms with Gasteiger partial charge in [0.25, 0.3) is 0 Å². The number of benzene rings is 2. The van der Waals surface area contributed by atoms with Crippen molar-refractivity contribution in [2.75, 3.05) is 30.0 Å². The molecule has 2 aromatic rings. The van der Waals surface area contributed by atoms with E-state index in [0.717, 1.165) is 41.1 Å². The number of carbonyl (C=O) groups is 2. The SMILES string of the molecule is COc1cccc2c1N(C(=O)C1CC(=O)N(c3ccc(C)cc3)C1)CCC2. The Morgan fingerprint density at radius 3 is 2.67 bits per heavy atom. The van der Waals surface area contributed by atoms with E-state index in [-0.39, 0.29) is 24.2 Å². The van der Waals surface area contributed by atoms with Crippen molar-refractivity contribution in [1.82, 2.24) is 0 Å². The van der Waals surface area contributed by atoms with Crippen LogP contribution in [0.3, 0.4) is 0 Å². The first kappa shape index (κ1) is 17.6. The molecule has 1 unspecified atom stereocenters. The highest BCUT2D eigenvalue weighted by atomic mass is 16.5. The largest absolute Gasteiger partial charge is 0.495 e. The Morgan fingerprint density at radius 2 is 1.93 bits per heavy atom. The molecule has 140 valence electrons. The zero-order valence-corrected chi connectivity index (χ0v) is 15.8. The maximum atomic E-state index is 13.3. The van der Waals surface area contributed by atoms with Crippen molar-refractivity contribution in [3.8, 4) is 5.75 Å². The van der Waals surface area contributed by atoms with Crippen molar-refractivity contribution in [2.24, 2.45) is 5.92 Å². The average Bonchev–Trinajstić information content (AvgIpc) is 3.08. The molecule has 0 radical (unpaired) electrons. The van der Waals surface area contributed by atoms with Gasteiger partial charge in [-0.2, -0.15) is 0 Å². The number of amides is 2. The number of methoxy groups -OCH3 is 1. The number of nitrogens with zero attached hydrogens (tertiary/aromatic N) is 2. The molecule has 5 heteroatoms. The third-order valence-electron chi connectivity index (χ3n) is 5.49. The van der Waals surface area contributed by atoms with Crippen LogP contribution < -0.4 is 14.5 Å². The van der Waals surface area contributed by atoms with E-state index in [1.165, 1.54) is 0 Å². The first-order valence-electron chi connectivity index (χ1n) is 9.43. The number of para-hydroxylation sites is 1. The molecule has 2 amide bonds. The Labute approximate surface area is 159 Å². The lowest BCUT2D eigenvalue weighted by Crippen LogP contribution is -2.40. The predicted molar refractivity (Wildman–Crippen MR) is 105 cm³/mol. The molecule has 0 aromatic heterocycles. The van der Waals surface area contributed by atoms with Crippen LogP contribution in [-0.4, -0.2) is 32.0 Å². The number of carbonyl (C=O) groups excluding carboxylic acids is 2. The van der Waals surface area contributed by atoms with Crippen LogP contribution in [0, 0.1) is 12.8 Å². The molecule has 2 aliphatic heterocycles. The molecule has 2 aromatic carbocycles. The van der Waals surface area contributed by atoms with E-state index in [2.05, 4.69) is 6.07 Å². The number of hydrogen-bond donors (Lipinski definition) is 0. The van der Waals surface area contributed by atoms with Gasteiger partial charge in [0.05, 0.1) is 18.7 Å². The Hall–Kier alpha value is -2.82. The van der Waals surface area contributed by atoms with Gasteiger partial charge in [0.2, 0.25) is 11.8 Å². The van der Waals surface area contributed by atoms with Gasteiger partial charge in [0.1, 0.15) is 5.75 Å². The summed E-state index contributed by atoms with van der Waals surface area (Å²) in [7, 11) is 1.63. The van der Waals surface area contributed by atoms with Gasteiger partial charge in [-0.15, -0.1) is 0 Å². The lowest BCUT2D eigenvalue weighted by atomic mass is 9.98. The van der Waals surface area contributed by atoms with Crippen LogP contribution in [0.25, 0.3) is 0 Å². The normalized spacial score (nSPS) is 19.2. The van der Waals surface area contributed by atoms with E-state index in [4.69, 9.17) is 4.74 Å². The molecule has 2 aliphatic rings. The second-order valence-corrected chi connectivity index (χ2v) is 7.30. The van der Waals surface area contributed by atoms with E-state index in [1.54, 1.807) is 12.0 Å². The predicted octanol–water partition coefficient (Wildman–Crippen LogP) is 3.34. The summed E-state index contributed by atoms with van der Waals surface area (Å²) in [6.45, 7) is 3.12. The molecule has 27 heavy (non-hydrogen) atoms. The number of fused-ring (bicyclic) bond motifs is 1. The van der Waals surface area contributed by atoms with Crippen LogP contribution in [0.5, 0.6) is 5.75 Å². The number of anilines is 2. The Bertz CT molecular complexity index is 861. The summed E-state index contributed by atoms with van der Waals surface area (Å²) in [6.07, 6.45) is 2.12. The van der Waals surface area contributed by atoms with Crippen molar-refractivity contribution in [1.29, 1.82) is 0 Å². The van der Waals surface area contributed by atoms with Gasteiger partial charge in [-0.1, -0.05) is 29.8 Å². The monoisotopic (exact) mass is 364 g/mol. The number of rotatable bonds is 3. The van der Waals surface area contributed by atoms with Crippen LogP contribution in [0.2, 0.25) is 0 Å². The van der Waals surface area contributed by atoms with Crippen LogP contribution in [0.4, 0.5) is 11.4 Å². The zero-order chi connectivity index (χ0) is 19.0. The average molecular weight is 364 g/mol. The summed E-state index contributed by atoms with van der Waals surface area (Å²) >= 11 is 0. The number of ether oxygens (including phenoxy) is 1. The smallest absolute Gasteiger partial charge is 0.232 e. The number of hydrogen-bond acceptors (Lipinski definition) is 3. The zero-order valence-electron chi connectivity index (χ0n) is 15.8. The minimum atomic E-state index is -0.324. The molecule has 0 N–H and O–H groups in total. The van der Waals surface area contributed by atoms with E-state index >= 15 is 0 Å². The number of aryl methyl sites for hydroxylation is 2. The van der Waals surface area contributed by atoms with E-state index in [0.29, 0.717) is 13.1 Å². The van der Waals surface area contributed by atoms with Crippen molar-refractivity contribution in [3.63, 3.8) is 0 Å². The van der Waals surface area contributed by atoms with Gasteiger partial charge in [0.15, 0.2) is 0 Å². The first-order chi connectivity index (χ1) is 13.1. The molecule has 1 atom stereocenters. The molecule has 4 rings (SSSR count). The van der Waals surface area contributed by atoms with Crippen molar-refractivity contribution < 1.29 is 14.3 Å². The minimum Gasteiger partial charge on any atom is -0.495 e. The van der Waals surface area contributed by atoms with Crippen molar-refractivity contribution >= 4 is 23.2 Å². The van der Waals surface area contributed by atoms with Gasteiger partial charge in [-0.3, -0.25) is 9.59 Å². The molecule has 0 spiro atoms. The standard InChI is InChI=1S/C22H24N2O3/c1-15-8-10-18(11-9-15)24-14-17(13-20(24)25)22(26)23-12-4-6-16-5-3-7-19(27-2)21(16)23/h3,5,7-11,17H,4,6,12-14H2,1-2H3. The van der Waals surface area contributed by atoms with Crippen LogP contribution in [-0.2, 0) is 16.0 Å². The van der Waals surface area contributed by atoms with E-state index in [1.807, 2.05) is 48.2 Å². The van der Waals surface area contributed by atoms with Crippen molar-refractivity contribution in [2.45, 2.75) is 26.2 Å². The molecule has 2 heterocycles. The Kier molecular flexibility index (Phi) is 4.60. The van der Waals surface area contributed by atoms with Gasteiger partial charge in [-0.05, 0) is 43.5 Å². The van der Waals surface area contributed by atoms with Gasteiger partial charge in [-0.25, -0.2) is 0 Å². The molecule has 0 saturated carbocycles. The summed E-state index contributed by atoms with van der Waals surface area (Å²) in [5, 5.41) is 0. The van der Waals surface area contributed by atoms with E-state index < -0.39 is 0 Å². The molecular formula is C22H24N2O3. The van der Waals surface area contributed by atoms with Crippen LogP contribution >= 0.6 is 0 Å². The highest BCUT2D eigenvalue weighted by molar-refractivity contribution is 6.05. The molecule has 0 bridgehead atoms. The fraction of sp³-hybridized carbons (Fsp3) is 0.364. The molecule has 1 fully saturated rings. The highest BCUT2D eigenvalue weighted by Crippen LogP contribution is 2.38. The Morgan fingerprint density at radius 1 is 1.15 bits per heavy atom. The fourth-order valence-electron chi connectivity index (χ4n) is 4.07. The van der Waals surface area contributed by atoms with Gasteiger partial charge < -0.3 is 14.5 Å². The summed E-state index contributed by atoms with van der Waals surface area (Å²) < 4.78 is 5.51. The maximum absolute atomic E-state index is 13.3. The third kappa shape index (κ3) is 3.18. The molecule has 1 saturated heterocycles. The molecular weight excluding hydrogens is 340 g/mol. The first-order valence-corrected chi connectivity index (χ1v) is 9.43. The third-order valence-corrected chi connectivity index (χ3v) is 5.49. The van der Waals surface area contributed by atoms with Gasteiger partial charge >= 0.3 is 0 Å². The summed E-state index contributed by atoms with van der Waals surface area (Å²) in [6, 6.07) is 13.8. The quantitative estimate of drug-likeness (QED) is 0.839. The van der Waals surface area contributed by atoms with E-state index in [9.17, 15) is 9.59 Å². The lowest BCUT2D eigenvalue weighted by molar-refractivity contribution is -0.124. The van der Waals surface area contributed by atoms with Crippen LogP contribution in [0.15, 0.2) is 42.5 Å². The minimum absolute atomic E-state index is 0.00876. The van der Waals surface area contributed by atoms with Gasteiger partial charge in [0, 0.05) is 25.2 Å². The summed E-state index contributed by atoms with van der Waals surface area (Å²) in [5.41, 5.74) is 4.01. The second kappa shape index (κ2) is 7.06. The topological polar surface area (TPSA) is 49.9 Å². The molecule has 0 aliphatic carbocycles. The lowest BCUT2D eigenvalue weighted by Gasteiger charge is -2.32. The van der Waals surface area contributed by atoms with Crippen molar-refractivity contribution in [3.05, 3.63) is 53.6 Å².